The van der Waals surface area contributed by atoms with E-state index in [9.17, 15) is 8.42 Å². The van der Waals surface area contributed by atoms with Crippen molar-refractivity contribution in [2.75, 3.05) is 26.4 Å². The Bertz CT molecular complexity index is 1170. The SMILES string of the molecule is C[C@@H]1CCN(Cc2ccccc2)CC1C=[N+](C)c1ncnc2c1ccn2S(C)(=O)=O. The van der Waals surface area contributed by atoms with Crippen molar-refractivity contribution < 1.29 is 13.0 Å². The molecule has 4 rings (SSSR count). The largest absolute Gasteiger partial charge is 0.335 e. The van der Waals surface area contributed by atoms with E-state index < -0.39 is 10.0 Å². The molecule has 0 spiro atoms. The molecule has 0 amide bonds. The summed E-state index contributed by atoms with van der Waals surface area (Å²) in [7, 11) is -1.44. The lowest BCUT2D eigenvalue weighted by Gasteiger charge is -2.35. The maximum atomic E-state index is 12.0. The van der Waals surface area contributed by atoms with Gasteiger partial charge < -0.3 is 0 Å². The van der Waals surface area contributed by atoms with Gasteiger partial charge in [0, 0.05) is 25.2 Å². The van der Waals surface area contributed by atoms with E-state index in [1.807, 2.05) is 17.7 Å². The number of fused-ring (bicyclic) bond motifs is 1. The van der Waals surface area contributed by atoms with Gasteiger partial charge in [-0.1, -0.05) is 37.3 Å². The molecule has 158 valence electrons. The molecule has 0 saturated carbocycles. The molecule has 2 aromatic heterocycles. The van der Waals surface area contributed by atoms with Gasteiger partial charge in [0.25, 0.3) is 0 Å². The monoisotopic (exact) mass is 426 g/mol. The zero-order chi connectivity index (χ0) is 21.3. The van der Waals surface area contributed by atoms with Crippen LogP contribution in [-0.2, 0) is 16.6 Å². The Kier molecular flexibility index (Phi) is 5.71. The van der Waals surface area contributed by atoms with Crippen molar-refractivity contribution in [2.24, 2.45) is 11.8 Å². The van der Waals surface area contributed by atoms with Crippen molar-refractivity contribution in [3.05, 3.63) is 54.5 Å². The third kappa shape index (κ3) is 4.29. The first-order valence-electron chi connectivity index (χ1n) is 10.2. The number of aromatic nitrogens is 3. The second-order valence-electron chi connectivity index (χ2n) is 8.22. The fraction of sp³-hybridized carbons (Fsp3) is 0.409. The van der Waals surface area contributed by atoms with Crippen LogP contribution in [0.25, 0.3) is 11.0 Å². The highest BCUT2D eigenvalue weighted by Crippen LogP contribution is 2.26. The fourth-order valence-corrected chi connectivity index (χ4v) is 4.91. The van der Waals surface area contributed by atoms with Crippen molar-refractivity contribution in [2.45, 2.75) is 19.9 Å². The first-order chi connectivity index (χ1) is 14.3. The number of piperidine rings is 1. The van der Waals surface area contributed by atoms with Crippen LogP contribution in [0, 0.1) is 11.8 Å². The Labute approximate surface area is 177 Å². The number of benzene rings is 1. The molecular weight excluding hydrogens is 398 g/mol. The van der Waals surface area contributed by atoms with E-state index in [2.05, 4.69) is 52.3 Å². The zero-order valence-electron chi connectivity index (χ0n) is 17.6. The molecule has 1 unspecified atom stereocenters. The van der Waals surface area contributed by atoms with Crippen molar-refractivity contribution >= 4 is 33.1 Å². The minimum Gasteiger partial charge on any atom is -0.298 e. The van der Waals surface area contributed by atoms with Crippen LogP contribution in [0.2, 0.25) is 0 Å². The summed E-state index contributed by atoms with van der Waals surface area (Å²) in [6, 6.07) is 12.3. The Balaban J connectivity index is 1.60. The minimum atomic E-state index is -3.41. The Morgan fingerprint density at radius 2 is 1.97 bits per heavy atom. The molecule has 0 bridgehead atoms. The summed E-state index contributed by atoms with van der Waals surface area (Å²) in [5.41, 5.74) is 1.74. The van der Waals surface area contributed by atoms with Crippen LogP contribution in [0.4, 0.5) is 5.82 Å². The van der Waals surface area contributed by atoms with Gasteiger partial charge in [-0.15, -0.1) is 0 Å². The number of hydrogen-bond donors (Lipinski definition) is 0. The average molecular weight is 427 g/mol. The summed E-state index contributed by atoms with van der Waals surface area (Å²) in [5, 5.41) is 0.728. The standard InChI is InChI=1S/C22H28N5O2S/c1-17-9-11-26(13-18-7-5-4-6-8-18)15-19(17)14-25(2)21-20-10-12-27(30(3,28)29)22(20)24-16-23-21/h4-8,10,12,14,16-17,19H,9,11,13,15H2,1-3H3/q+1/t17-,19?/m1/s1. The molecule has 7 nitrogen and oxygen atoms in total. The van der Waals surface area contributed by atoms with Gasteiger partial charge >= 0.3 is 5.82 Å². The first-order valence-corrected chi connectivity index (χ1v) is 12.0. The topological polar surface area (TPSA) is 71.1 Å². The molecule has 1 aliphatic rings. The molecule has 1 aromatic carbocycles. The van der Waals surface area contributed by atoms with Gasteiger partial charge in [0.1, 0.15) is 5.39 Å². The molecule has 3 aromatic rings. The van der Waals surface area contributed by atoms with Gasteiger partial charge in [0.2, 0.25) is 16.4 Å². The Morgan fingerprint density at radius 1 is 1.20 bits per heavy atom. The van der Waals surface area contributed by atoms with E-state index in [1.54, 1.807) is 6.07 Å². The average Bonchev–Trinajstić information content (AvgIpc) is 3.16. The molecule has 0 N–H and O–H groups in total. The lowest BCUT2D eigenvalue weighted by atomic mass is 9.87. The van der Waals surface area contributed by atoms with Crippen molar-refractivity contribution in [3.8, 4) is 0 Å². The molecule has 1 fully saturated rings. The van der Waals surface area contributed by atoms with E-state index in [0.29, 0.717) is 17.5 Å². The minimum absolute atomic E-state index is 0.384. The van der Waals surface area contributed by atoms with Gasteiger partial charge in [0.15, 0.2) is 5.65 Å². The van der Waals surface area contributed by atoms with Crippen molar-refractivity contribution in [1.82, 2.24) is 18.8 Å². The number of hydrogen-bond acceptors (Lipinski definition) is 5. The molecule has 3 heterocycles. The third-order valence-electron chi connectivity index (χ3n) is 5.88. The highest BCUT2D eigenvalue weighted by atomic mass is 32.2. The van der Waals surface area contributed by atoms with Gasteiger partial charge in [0.05, 0.1) is 19.5 Å². The van der Waals surface area contributed by atoms with E-state index in [0.717, 1.165) is 37.3 Å². The molecule has 8 heteroatoms. The normalized spacial score (nSPS) is 21.2. The van der Waals surface area contributed by atoms with Crippen LogP contribution in [0.5, 0.6) is 0 Å². The summed E-state index contributed by atoms with van der Waals surface area (Å²) in [6.07, 6.45) is 7.51. The van der Waals surface area contributed by atoms with Crippen molar-refractivity contribution in [1.29, 1.82) is 0 Å². The predicted octanol–water partition coefficient (Wildman–Crippen LogP) is 2.74. The third-order valence-corrected chi connectivity index (χ3v) is 6.89. The molecule has 1 aliphatic heterocycles. The predicted molar refractivity (Wildman–Crippen MR) is 119 cm³/mol. The van der Waals surface area contributed by atoms with E-state index in [1.165, 1.54) is 28.3 Å². The second kappa shape index (κ2) is 8.28. The molecule has 0 aliphatic carbocycles. The lowest BCUT2D eigenvalue weighted by Crippen LogP contribution is -2.40. The molecule has 30 heavy (non-hydrogen) atoms. The van der Waals surface area contributed by atoms with Crippen LogP contribution < -0.4 is 0 Å². The van der Waals surface area contributed by atoms with Gasteiger partial charge in [-0.3, -0.25) is 4.90 Å². The Morgan fingerprint density at radius 3 is 2.70 bits per heavy atom. The highest BCUT2D eigenvalue weighted by molar-refractivity contribution is 7.89. The quantitative estimate of drug-likeness (QED) is 0.463. The van der Waals surface area contributed by atoms with E-state index in [4.69, 9.17) is 0 Å². The number of likely N-dealkylation sites (tertiary alicyclic amines) is 1. The highest BCUT2D eigenvalue weighted by Gasteiger charge is 2.27. The maximum Gasteiger partial charge on any atom is 0.335 e. The van der Waals surface area contributed by atoms with Crippen LogP contribution in [0.15, 0.2) is 48.9 Å². The lowest BCUT2D eigenvalue weighted by molar-refractivity contribution is -0.405. The van der Waals surface area contributed by atoms with Gasteiger partial charge in [-0.05, 0) is 35.5 Å². The van der Waals surface area contributed by atoms with Crippen molar-refractivity contribution in [3.63, 3.8) is 0 Å². The summed E-state index contributed by atoms with van der Waals surface area (Å²) in [6.45, 7) is 5.33. The van der Waals surface area contributed by atoms with Crippen LogP contribution in [-0.4, -0.2) is 64.4 Å². The molecule has 1 saturated heterocycles. The summed E-state index contributed by atoms with van der Waals surface area (Å²) >= 11 is 0. The van der Waals surface area contributed by atoms with Crippen LogP contribution in [0.1, 0.15) is 18.9 Å². The summed E-state index contributed by atoms with van der Waals surface area (Å²) in [4.78, 5) is 11.1. The Hall–Kier alpha value is -2.58. The molecular formula is C22H28N5O2S+. The second-order valence-corrected chi connectivity index (χ2v) is 10.1. The molecule has 0 radical (unpaired) electrons. The first kappa shape index (κ1) is 20.7. The van der Waals surface area contributed by atoms with Crippen LogP contribution >= 0.6 is 0 Å². The smallest absolute Gasteiger partial charge is 0.298 e. The van der Waals surface area contributed by atoms with E-state index >= 15 is 0 Å². The van der Waals surface area contributed by atoms with Crippen LogP contribution in [0.3, 0.4) is 0 Å². The van der Waals surface area contributed by atoms with E-state index in [-0.39, 0.29) is 0 Å². The maximum absolute atomic E-state index is 12.0. The van der Waals surface area contributed by atoms with Gasteiger partial charge in [-0.25, -0.2) is 17.0 Å². The summed E-state index contributed by atoms with van der Waals surface area (Å²) in [5.74, 6) is 1.67. The molecule has 2 atom stereocenters. The van der Waals surface area contributed by atoms with Gasteiger partial charge in [-0.2, -0.15) is 4.98 Å². The fourth-order valence-electron chi connectivity index (χ4n) is 4.17. The number of nitrogens with zero attached hydrogens (tertiary/aromatic N) is 5. The zero-order valence-corrected chi connectivity index (χ0v) is 18.5. The summed E-state index contributed by atoms with van der Waals surface area (Å²) < 4.78 is 27.2. The number of rotatable bonds is 5.